The van der Waals surface area contributed by atoms with Crippen LogP contribution in [0, 0.1) is 5.92 Å². The molecule has 3 atom stereocenters. The van der Waals surface area contributed by atoms with Gasteiger partial charge in [-0.15, -0.1) is 0 Å². The molecule has 1 unspecified atom stereocenters. The van der Waals surface area contributed by atoms with E-state index in [9.17, 15) is 14.4 Å². The minimum atomic E-state index is -1.07. The Labute approximate surface area is 187 Å². The van der Waals surface area contributed by atoms with Crippen molar-refractivity contribution in [2.45, 2.75) is 50.6 Å². The van der Waals surface area contributed by atoms with Crippen LogP contribution < -0.4 is 10.6 Å². The molecule has 0 spiro atoms. The van der Waals surface area contributed by atoms with Crippen molar-refractivity contribution in [3.8, 4) is 11.1 Å². The lowest BCUT2D eigenvalue weighted by Gasteiger charge is -2.22. The first-order valence-corrected chi connectivity index (χ1v) is 11.1. The molecule has 32 heavy (non-hydrogen) atoms. The Morgan fingerprint density at radius 2 is 1.66 bits per heavy atom. The zero-order valence-electron chi connectivity index (χ0n) is 18.0. The summed E-state index contributed by atoms with van der Waals surface area (Å²) in [7, 11) is 0. The smallest absolute Gasteiger partial charge is 0.407 e. The average molecular weight is 437 g/mol. The molecule has 0 aromatic heterocycles. The highest BCUT2D eigenvalue weighted by atomic mass is 16.5. The Kier molecular flexibility index (Phi) is 6.44. The maximum Gasteiger partial charge on any atom is 0.407 e. The molecule has 1 saturated carbocycles. The highest BCUT2D eigenvalue weighted by Crippen LogP contribution is 2.44. The van der Waals surface area contributed by atoms with Crippen LogP contribution in [0.1, 0.15) is 49.7 Å². The van der Waals surface area contributed by atoms with Gasteiger partial charge in [0.15, 0.2) is 0 Å². The molecule has 4 rings (SSSR count). The van der Waals surface area contributed by atoms with Gasteiger partial charge in [0.05, 0.1) is 0 Å². The van der Waals surface area contributed by atoms with Crippen molar-refractivity contribution in [2.24, 2.45) is 5.92 Å². The number of fused-ring (bicyclic) bond motifs is 3. The molecule has 0 radical (unpaired) electrons. The second kappa shape index (κ2) is 9.42. The largest absolute Gasteiger partial charge is 0.480 e. The molecule has 0 aliphatic heterocycles. The number of amides is 2. The van der Waals surface area contributed by atoms with Crippen LogP contribution in [0.25, 0.3) is 11.1 Å². The number of carbonyl (C=O) groups excluding carboxylic acids is 2. The van der Waals surface area contributed by atoms with Crippen molar-refractivity contribution in [2.75, 3.05) is 6.61 Å². The number of hydrogen-bond acceptors (Lipinski definition) is 4. The highest BCUT2D eigenvalue weighted by Gasteiger charge is 2.33. The van der Waals surface area contributed by atoms with Crippen molar-refractivity contribution in [1.82, 2.24) is 10.6 Å². The standard InChI is InChI=1S/C25H28N2O5/c1-15(24(29)30)26-23(28)13-16-7-6-12-22(16)27-25(31)32-14-21-19-10-4-2-8-17(19)18-9-3-5-11-20(18)21/h2-5,8-11,15-16,21-22H,6-7,12-14H2,1H3,(H,26,28)(H,27,31)(H,29,30)/t15?,16-,22+/m0/s1. The Hall–Kier alpha value is -3.35. The second-order valence-corrected chi connectivity index (χ2v) is 8.60. The van der Waals surface area contributed by atoms with Crippen molar-refractivity contribution in [3.63, 3.8) is 0 Å². The first-order valence-electron chi connectivity index (χ1n) is 11.1. The van der Waals surface area contributed by atoms with E-state index < -0.39 is 18.1 Å². The number of carboxylic acids is 1. The molecule has 3 N–H and O–H groups in total. The summed E-state index contributed by atoms with van der Waals surface area (Å²) in [6.07, 6.45) is 2.19. The van der Waals surface area contributed by atoms with E-state index in [0.717, 1.165) is 30.4 Å². The van der Waals surface area contributed by atoms with Crippen LogP contribution in [0.4, 0.5) is 4.79 Å². The number of ether oxygens (including phenoxy) is 1. The lowest BCUT2D eigenvalue weighted by molar-refractivity contribution is -0.141. The molecule has 0 heterocycles. The maximum atomic E-state index is 12.6. The summed E-state index contributed by atoms with van der Waals surface area (Å²) in [6.45, 7) is 1.68. The monoisotopic (exact) mass is 436 g/mol. The number of carboxylic acid groups (broad SMARTS) is 1. The summed E-state index contributed by atoms with van der Waals surface area (Å²) in [6, 6.07) is 15.3. The summed E-state index contributed by atoms with van der Waals surface area (Å²) >= 11 is 0. The molecule has 2 aromatic rings. The zero-order valence-corrected chi connectivity index (χ0v) is 18.0. The topological polar surface area (TPSA) is 105 Å². The van der Waals surface area contributed by atoms with Crippen molar-refractivity contribution < 1.29 is 24.2 Å². The number of alkyl carbamates (subject to hydrolysis) is 1. The van der Waals surface area contributed by atoms with Gasteiger partial charge in [0.25, 0.3) is 0 Å². The van der Waals surface area contributed by atoms with E-state index in [0.29, 0.717) is 0 Å². The van der Waals surface area contributed by atoms with Crippen LogP contribution in [0.2, 0.25) is 0 Å². The zero-order chi connectivity index (χ0) is 22.7. The highest BCUT2D eigenvalue weighted by molar-refractivity contribution is 5.83. The molecule has 2 aromatic carbocycles. The predicted octanol–water partition coefficient (Wildman–Crippen LogP) is 3.67. The first kappa shape index (κ1) is 21.9. The molecule has 168 valence electrons. The van der Waals surface area contributed by atoms with E-state index >= 15 is 0 Å². The lowest BCUT2D eigenvalue weighted by atomic mass is 9.98. The van der Waals surface area contributed by atoms with E-state index in [1.165, 1.54) is 18.1 Å². The van der Waals surface area contributed by atoms with Crippen molar-refractivity contribution in [3.05, 3.63) is 59.7 Å². The van der Waals surface area contributed by atoms with Crippen LogP contribution in [-0.4, -0.2) is 41.8 Å². The van der Waals surface area contributed by atoms with E-state index in [4.69, 9.17) is 9.84 Å². The molecular formula is C25H28N2O5. The second-order valence-electron chi connectivity index (χ2n) is 8.60. The van der Waals surface area contributed by atoms with Gasteiger partial charge in [-0.1, -0.05) is 55.0 Å². The summed E-state index contributed by atoms with van der Waals surface area (Å²) in [5.41, 5.74) is 4.66. The number of rotatable bonds is 7. The van der Waals surface area contributed by atoms with Gasteiger partial charge in [0.1, 0.15) is 12.6 Å². The fourth-order valence-electron chi connectivity index (χ4n) is 4.86. The molecule has 2 aliphatic rings. The van der Waals surface area contributed by atoms with E-state index in [2.05, 4.69) is 34.9 Å². The van der Waals surface area contributed by atoms with Gasteiger partial charge in [-0.05, 0) is 47.9 Å². The minimum Gasteiger partial charge on any atom is -0.480 e. The Bertz CT molecular complexity index is 975. The normalized spacial score (nSPS) is 20.2. The Balaban J connectivity index is 1.33. The fraction of sp³-hybridized carbons (Fsp3) is 0.400. The molecule has 1 fully saturated rings. The average Bonchev–Trinajstić information content (AvgIpc) is 3.34. The third-order valence-electron chi connectivity index (χ3n) is 6.50. The summed E-state index contributed by atoms with van der Waals surface area (Å²) < 4.78 is 5.62. The molecule has 7 heteroatoms. The third kappa shape index (κ3) is 4.61. The van der Waals surface area contributed by atoms with Gasteiger partial charge in [-0.3, -0.25) is 9.59 Å². The fourth-order valence-corrected chi connectivity index (χ4v) is 4.86. The van der Waals surface area contributed by atoms with E-state index in [1.54, 1.807) is 0 Å². The van der Waals surface area contributed by atoms with Crippen molar-refractivity contribution in [1.29, 1.82) is 0 Å². The number of carbonyl (C=O) groups is 3. The Morgan fingerprint density at radius 1 is 1.03 bits per heavy atom. The van der Waals surface area contributed by atoms with Crippen LogP contribution in [0.5, 0.6) is 0 Å². The van der Waals surface area contributed by atoms with E-state index in [-0.39, 0.29) is 36.8 Å². The summed E-state index contributed by atoms with van der Waals surface area (Å²) in [5, 5.41) is 14.3. The predicted molar refractivity (Wildman–Crippen MR) is 119 cm³/mol. The maximum absolute atomic E-state index is 12.6. The third-order valence-corrected chi connectivity index (χ3v) is 6.50. The SMILES string of the molecule is CC(NC(=O)C[C@@H]1CCC[C@H]1NC(=O)OCC1c2ccccc2-c2ccccc21)C(=O)O. The lowest BCUT2D eigenvalue weighted by Crippen LogP contribution is -2.42. The number of hydrogen-bond donors (Lipinski definition) is 3. The van der Waals surface area contributed by atoms with Gasteiger partial charge in [0, 0.05) is 18.4 Å². The van der Waals surface area contributed by atoms with Crippen LogP contribution in [0.3, 0.4) is 0 Å². The van der Waals surface area contributed by atoms with Crippen LogP contribution >= 0.6 is 0 Å². The van der Waals surface area contributed by atoms with Gasteiger partial charge in [0.2, 0.25) is 5.91 Å². The first-order chi connectivity index (χ1) is 15.4. The van der Waals surface area contributed by atoms with Crippen molar-refractivity contribution >= 4 is 18.0 Å². The molecule has 2 aliphatic carbocycles. The van der Waals surface area contributed by atoms with Crippen LogP contribution in [-0.2, 0) is 14.3 Å². The van der Waals surface area contributed by atoms with Gasteiger partial charge in [-0.25, -0.2) is 4.79 Å². The number of benzene rings is 2. The minimum absolute atomic E-state index is 0.00388. The van der Waals surface area contributed by atoms with E-state index in [1.807, 2.05) is 24.3 Å². The molecule has 0 bridgehead atoms. The Morgan fingerprint density at radius 3 is 2.28 bits per heavy atom. The van der Waals surface area contributed by atoms with Gasteiger partial charge in [-0.2, -0.15) is 0 Å². The quantitative estimate of drug-likeness (QED) is 0.614. The van der Waals surface area contributed by atoms with Gasteiger partial charge >= 0.3 is 12.1 Å². The molecule has 0 saturated heterocycles. The van der Waals surface area contributed by atoms with Gasteiger partial charge < -0.3 is 20.5 Å². The molecule has 2 amide bonds. The number of aliphatic carboxylic acids is 1. The van der Waals surface area contributed by atoms with Crippen LogP contribution in [0.15, 0.2) is 48.5 Å². The summed E-state index contributed by atoms with van der Waals surface area (Å²) in [4.78, 5) is 35.7. The molecule has 7 nitrogen and oxygen atoms in total. The summed E-state index contributed by atoms with van der Waals surface area (Å²) in [5.74, 6) is -1.42. The molecular weight excluding hydrogens is 408 g/mol. The number of nitrogens with one attached hydrogen (secondary N) is 2.